The molecule has 2 heterocycles. The van der Waals surface area contributed by atoms with Gasteiger partial charge in [-0.25, -0.2) is 0 Å². The van der Waals surface area contributed by atoms with Crippen molar-refractivity contribution in [2.75, 3.05) is 26.2 Å². The van der Waals surface area contributed by atoms with Gasteiger partial charge in [0, 0.05) is 18.4 Å². The van der Waals surface area contributed by atoms with E-state index >= 15 is 0 Å². The van der Waals surface area contributed by atoms with Crippen LogP contribution in [0.4, 0.5) is 13.2 Å². The van der Waals surface area contributed by atoms with Crippen LogP contribution in [-0.2, 0) is 12.7 Å². The number of quaternary nitrogens is 2. The van der Waals surface area contributed by atoms with E-state index in [0.29, 0.717) is 12.1 Å². The molecule has 0 unspecified atom stereocenters. The van der Waals surface area contributed by atoms with Crippen molar-refractivity contribution in [3.05, 3.63) is 35.4 Å². The number of hydrogen-bond donors (Lipinski definition) is 2. The smallest absolute Gasteiger partial charge is 0.332 e. The van der Waals surface area contributed by atoms with Crippen LogP contribution in [0.1, 0.15) is 49.7 Å². The summed E-state index contributed by atoms with van der Waals surface area (Å²) >= 11 is 0. The molecule has 24 heavy (non-hydrogen) atoms. The lowest BCUT2D eigenvalue weighted by atomic mass is 10.0. The maximum atomic E-state index is 13.1. The van der Waals surface area contributed by atoms with Crippen LogP contribution in [-0.4, -0.2) is 32.2 Å². The Bertz CT molecular complexity index is 514. The molecule has 2 saturated heterocycles. The summed E-state index contributed by atoms with van der Waals surface area (Å²) in [5.41, 5.74) is -0.0154. The number of likely N-dealkylation sites (tertiary alicyclic amines) is 2. The van der Waals surface area contributed by atoms with Crippen molar-refractivity contribution in [2.45, 2.75) is 57.3 Å². The first kappa shape index (κ1) is 17.7. The zero-order valence-corrected chi connectivity index (χ0v) is 14.3. The Morgan fingerprint density at radius 2 is 1.50 bits per heavy atom. The van der Waals surface area contributed by atoms with Crippen molar-refractivity contribution in [1.82, 2.24) is 0 Å². The van der Waals surface area contributed by atoms with Gasteiger partial charge in [-0.1, -0.05) is 18.2 Å². The predicted octanol–water partition coefficient (Wildman–Crippen LogP) is 1.71. The molecule has 0 aliphatic carbocycles. The average molecular weight is 342 g/mol. The second kappa shape index (κ2) is 7.87. The van der Waals surface area contributed by atoms with E-state index in [1.807, 2.05) is 0 Å². The third-order valence-electron chi connectivity index (χ3n) is 5.78. The lowest BCUT2D eigenvalue weighted by Crippen LogP contribution is -3.20. The monoisotopic (exact) mass is 342 g/mol. The minimum Gasteiger partial charge on any atom is -0.332 e. The van der Waals surface area contributed by atoms with E-state index in [9.17, 15) is 13.2 Å². The Morgan fingerprint density at radius 3 is 2.12 bits per heavy atom. The van der Waals surface area contributed by atoms with E-state index in [0.717, 1.165) is 32.0 Å². The SMILES string of the molecule is FC(F)(F)c1ccccc1C[NH+]1CCC([NH+]2CCCCCC2)CC1. The van der Waals surface area contributed by atoms with Crippen LogP contribution in [0.5, 0.6) is 0 Å². The first-order valence-corrected chi connectivity index (χ1v) is 9.37. The summed E-state index contributed by atoms with van der Waals surface area (Å²) in [5, 5.41) is 0. The fraction of sp³-hybridized carbons (Fsp3) is 0.684. The van der Waals surface area contributed by atoms with Gasteiger partial charge in [-0.15, -0.1) is 0 Å². The number of hydrogen-bond acceptors (Lipinski definition) is 0. The largest absolute Gasteiger partial charge is 0.416 e. The van der Waals surface area contributed by atoms with Gasteiger partial charge >= 0.3 is 6.18 Å². The molecule has 2 N–H and O–H groups in total. The quantitative estimate of drug-likeness (QED) is 0.828. The Kier molecular flexibility index (Phi) is 5.82. The number of alkyl halides is 3. The van der Waals surface area contributed by atoms with Crippen molar-refractivity contribution in [3.63, 3.8) is 0 Å². The van der Waals surface area contributed by atoms with Crippen molar-refractivity contribution < 1.29 is 23.0 Å². The van der Waals surface area contributed by atoms with Gasteiger partial charge in [0.2, 0.25) is 0 Å². The van der Waals surface area contributed by atoms with Crippen molar-refractivity contribution in [2.24, 2.45) is 0 Å². The molecule has 0 aromatic heterocycles. The zero-order valence-electron chi connectivity index (χ0n) is 14.3. The molecule has 2 nitrogen and oxygen atoms in total. The van der Waals surface area contributed by atoms with E-state index in [1.165, 1.54) is 55.8 Å². The lowest BCUT2D eigenvalue weighted by molar-refractivity contribution is -0.963. The summed E-state index contributed by atoms with van der Waals surface area (Å²) in [6.07, 6.45) is 3.45. The van der Waals surface area contributed by atoms with E-state index in [-0.39, 0.29) is 0 Å². The van der Waals surface area contributed by atoms with Gasteiger partial charge in [0.1, 0.15) is 6.54 Å². The number of nitrogens with one attached hydrogen (secondary N) is 2. The topological polar surface area (TPSA) is 8.88 Å². The molecule has 3 rings (SSSR count). The summed E-state index contributed by atoms with van der Waals surface area (Å²) in [4.78, 5) is 3.06. The minimum atomic E-state index is -4.25. The van der Waals surface area contributed by atoms with Crippen LogP contribution in [0.2, 0.25) is 0 Å². The summed E-state index contributed by atoms with van der Waals surface area (Å²) in [7, 11) is 0. The second-order valence-electron chi connectivity index (χ2n) is 7.43. The van der Waals surface area contributed by atoms with Crippen LogP contribution >= 0.6 is 0 Å². The summed E-state index contributed by atoms with van der Waals surface area (Å²) < 4.78 is 39.4. The first-order chi connectivity index (χ1) is 11.5. The van der Waals surface area contributed by atoms with Gasteiger partial charge in [0.05, 0.1) is 37.8 Å². The zero-order chi connectivity index (χ0) is 17.0. The Hall–Kier alpha value is -1.07. The highest BCUT2D eigenvalue weighted by atomic mass is 19.4. The summed E-state index contributed by atoms with van der Waals surface area (Å²) in [6.45, 7) is 5.08. The lowest BCUT2D eigenvalue weighted by Gasteiger charge is -2.34. The number of rotatable bonds is 3. The molecule has 0 bridgehead atoms. The van der Waals surface area contributed by atoms with Gasteiger partial charge < -0.3 is 9.80 Å². The molecule has 0 saturated carbocycles. The molecule has 0 amide bonds. The highest BCUT2D eigenvalue weighted by Gasteiger charge is 2.35. The van der Waals surface area contributed by atoms with Crippen LogP contribution in [0.15, 0.2) is 24.3 Å². The highest BCUT2D eigenvalue weighted by Crippen LogP contribution is 2.31. The molecule has 0 radical (unpaired) electrons. The van der Waals surface area contributed by atoms with Gasteiger partial charge in [-0.05, 0) is 31.7 Å². The molecular weight excluding hydrogens is 313 g/mol. The van der Waals surface area contributed by atoms with E-state index in [2.05, 4.69) is 0 Å². The Morgan fingerprint density at radius 1 is 0.875 bits per heavy atom. The first-order valence-electron chi connectivity index (χ1n) is 9.37. The summed E-state index contributed by atoms with van der Waals surface area (Å²) in [6, 6.07) is 6.78. The maximum Gasteiger partial charge on any atom is 0.416 e. The van der Waals surface area contributed by atoms with Gasteiger partial charge in [0.15, 0.2) is 0 Å². The van der Waals surface area contributed by atoms with Gasteiger partial charge in [-0.3, -0.25) is 0 Å². The molecule has 1 aromatic carbocycles. The van der Waals surface area contributed by atoms with Crippen LogP contribution < -0.4 is 9.80 Å². The van der Waals surface area contributed by atoms with E-state index in [1.54, 1.807) is 17.0 Å². The van der Waals surface area contributed by atoms with Crippen LogP contribution in [0, 0.1) is 0 Å². The van der Waals surface area contributed by atoms with E-state index in [4.69, 9.17) is 0 Å². The molecule has 5 heteroatoms. The van der Waals surface area contributed by atoms with Crippen LogP contribution in [0.25, 0.3) is 0 Å². The molecule has 2 aliphatic heterocycles. The molecule has 2 fully saturated rings. The van der Waals surface area contributed by atoms with Crippen molar-refractivity contribution in [3.8, 4) is 0 Å². The molecule has 2 aliphatic rings. The third kappa shape index (κ3) is 4.51. The third-order valence-corrected chi connectivity index (χ3v) is 5.78. The fourth-order valence-electron chi connectivity index (χ4n) is 4.42. The molecular formula is C19H29F3N2+2. The highest BCUT2D eigenvalue weighted by molar-refractivity contribution is 5.28. The van der Waals surface area contributed by atoms with Gasteiger partial charge in [0.25, 0.3) is 0 Å². The van der Waals surface area contributed by atoms with Crippen LogP contribution in [0.3, 0.4) is 0 Å². The average Bonchev–Trinajstić information content (AvgIpc) is 2.84. The Labute approximate surface area is 142 Å². The van der Waals surface area contributed by atoms with Crippen molar-refractivity contribution in [1.29, 1.82) is 0 Å². The fourth-order valence-corrected chi connectivity index (χ4v) is 4.42. The standard InChI is InChI=1S/C19H27F3N2/c20-19(21,22)18-8-4-3-7-16(18)15-23-13-9-17(10-14-23)24-11-5-1-2-6-12-24/h3-4,7-8,17H,1-2,5-6,9-15H2/p+2. The predicted molar refractivity (Wildman–Crippen MR) is 88.0 cm³/mol. The summed E-state index contributed by atoms with van der Waals surface area (Å²) in [5.74, 6) is 0. The number of halogens is 3. The second-order valence-corrected chi connectivity index (χ2v) is 7.43. The molecule has 0 spiro atoms. The van der Waals surface area contributed by atoms with Crippen molar-refractivity contribution >= 4 is 0 Å². The molecule has 0 atom stereocenters. The normalized spacial score (nSPS) is 27.0. The molecule has 134 valence electrons. The number of benzene rings is 1. The minimum absolute atomic E-state index is 0.445. The molecule has 1 aromatic rings. The Balaban J connectivity index is 1.56. The van der Waals surface area contributed by atoms with Gasteiger partial charge in [-0.2, -0.15) is 13.2 Å². The maximum absolute atomic E-state index is 13.1. The number of piperidine rings is 1. The van der Waals surface area contributed by atoms with E-state index < -0.39 is 11.7 Å².